The molecule has 2 N–H and O–H groups in total. The van der Waals surface area contributed by atoms with Crippen LogP contribution in [0.15, 0.2) is 24.3 Å². The summed E-state index contributed by atoms with van der Waals surface area (Å²) in [6.07, 6.45) is -0.0456. The maximum absolute atomic E-state index is 11.6. The van der Waals surface area contributed by atoms with Crippen LogP contribution in [0.25, 0.3) is 0 Å². The van der Waals surface area contributed by atoms with Crippen molar-refractivity contribution in [1.29, 1.82) is 0 Å². The lowest BCUT2D eigenvalue weighted by Gasteiger charge is -2.35. The van der Waals surface area contributed by atoms with Crippen molar-refractivity contribution in [2.45, 2.75) is 26.0 Å². The molecule has 1 unspecified atom stereocenters. The molecule has 1 heterocycles. The Morgan fingerprint density at radius 3 is 2.59 bits per heavy atom. The van der Waals surface area contributed by atoms with Gasteiger partial charge in [-0.05, 0) is 31.5 Å². The zero-order valence-corrected chi connectivity index (χ0v) is 10.2. The van der Waals surface area contributed by atoms with Crippen molar-refractivity contribution >= 4 is 11.6 Å². The van der Waals surface area contributed by atoms with Crippen LogP contribution in [0.5, 0.6) is 0 Å². The van der Waals surface area contributed by atoms with E-state index in [2.05, 4.69) is 0 Å². The normalized spacial score (nSPS) is 21.0. The topological polar surface area (TPSA) is 55.6 Å². The summed E-state index contributed by atoms with van der Waals surface area (Å²) in [6, 6.07) is 7.83. The van der Waals surface area contributed by atoms with Gasteiger partial charge in [0.1, 0.15) is 12.7 Å². The number of rotatable bonds is 2. The van der Waals surface area contributed by atoms with Gasteiger partial charge in [0.15, 0.2) is 0 Å². The molecule has 0 radical (unpaired) electrons. The SMILES string of the molecule is CC(C)N1CC(c2ccc(N)cc2)OCC1=O. The van der Waals surface area contributed by atoms with Crippen molar-refractivity contribution in [3.63, 3.8) is 0 Å². The van der Waals surface area contributed by atoms with Crippen LogP contribution >= 0.6 is 0 Å². The maximum atomic E-state index is 11.6. The highest BCUT2D eigenvalue weighted by Crippen LogP contribution is 2.24. The summed E-state index contributed by atoms with van der Waals surface area (Å²) in [5.41, 5.74) is 7.45. The number of hydrogen-bond donors (Lipinski definition) is 1. The number of anilines is 1. The van der Waals surface area contributed by atoms with Gasteiger partial charge in [-0.1, -0.05) is 12.1 Å². The number of hydrogen-bond acceptors (Lipinski definition) is 3. The van der Waals surface area contributed by atoms with E-state index >= 15 is 0 Å². The molecule has 1 aromatic rings. The fraction of sp³-hybridized carbons (Fsp3) is 0.462. The number of carbonyl (C=O) groups excluding carboxylic acids is 1. The average Bonchev–Trinajstić information content (AvgIpc) is 2.30. The van der Waals surface area contributed by atoms with Crippen molar-refractivity contribution in [1.82, 2.24) is 4.90 Å². The van der Waals surface area contributed by atoms with Gasteiger partial charge in [-0.3, -0.25) is 4.79 Å². The first-order valence-corrected chi connectivity index (χ1v) is 5.84. The summed E-state index contributed by atoms with van der Waals surface area (Å²) in [7, 11) is 0. The molecule has 1 aliphatic heterocycles. The summed E-state index contributed by atoms with van der Waals surface area (Å²) >= 11 is 0. The molecule has 0 aliphatic carbocycles. The van der Waals surface area contributed by atoms with Crippen molar-refractivity contribution < 1.29 is 9.53 Å². The van der Waals surface area contributed by atoms with E-state index in [9.17, 15) is 4.79 Å². The fourth-order valence-electron chi connectivity index (χ4n) is 2.00. The molecule has 92 valence electrons. The minimum absolute atomic E-state index is 0.0456. The van der Waals surface area contributed by atoms with E-state index in [4.69, 9.17) is 10.5 Å². The second kappa shape index (κ2) is 4.75. The van der Waals surface area contributed by atoms with Crippen LogP contribution in [-0.2, 0) is 9.53 Å². The standard InChI is InChI=1S/C13H18N2O2/c1-9(2)15-7-12(17-8-13(15)16)10-3-5-11(14)6-4-10/h3-6,9,12H,7-8,14H2,1-2H3. The van der Waals surface area contributed by atoms with Crippen LogP contribution in [0.4, 0.5) is 5.69 Å². The van der Waals surface area contributed by atoms with Crippen LogP contribution in [-0.4, -0.2) is 30.0 Å². The van der Waals surface area contributed by atoms with E-state index in [1.807, 2.05) is 43.0 Å². The highest BCUT2D eigenvalue weighted by molar-refractivity contribution is 5.78. The van der Waals surface area contributed by atoms with Gasteiger partial charge >= 0.3 is 0 Å². The molecule has 4 heteroatoms. The Morgan fingerprint density at radius 2 is 2.00 bits per heavy atom. The lowest BCUT2D eigenvalue weighted by molar-refractivity contribution is -0.151. The zero-order valence-electron chi connectivity index (χ0n) is 10.2. The predicted molar refractivity (Wildman–Crippen MR) is 66.4 cm³/mol. The molecule has 0 saturated carbocycles. The molecule has 1 aromatic carbocycles. The fourth-order valence-corrected chi connectivity index (χ4v) is 2.00. The largest absolute Gasteiger partial charge is 0.399 e. The summed E-state index contributed by atoms with van der Waals surface area (Å²) in [5.74, 6) is 0.0618. The van der Waals surface area contributed by atoms with Gasteiger partial charge in [-0.2, -0.15) is 0 Å². The summed E-state index contributed by atoms with van der Waals surface area (Å²) < 4.78 is 5.56. The molecule has 0 bridgehead atoms. The second-order valence-corrected chi connectivity index (χ2v) is 4.61. The lowest BCUT2D eigenvalue weighted by atomic mass is 10.1. The molecule has 4 nitrogen and oxygen atoms in total. The molecule has 1 atom stereocenters. The maximum Gasteiger partial charge on any atom is 0.248 e. The van der Waals surface area contributed by atoms with Crippen LogP contribution in [0.1, 0.15) is 25.5 Å². The number of carbonyl (C=O) groups is 1. The molecule has 17 heavy (non-hydrogen) atoms. The Kier molecular flexibility index (Phi) is 3.33. The molecule has 1 aliphatic rings. The van der Waals surface area contributed by atoms with Crippen molar-refractivity contribution in [2.75, 3.05) is 18.9 Å². The number of benzene rings is 1. The quantitative estimate of drug-likeness (QED) is 0.790. The monoisotopic (exact) mass is 234 g/mol. The van der Waals surface area contributed by atoms with Gasteiger partial charge in [-0.25, -0.2) is 0 Å². The average molecular weight is 234 g/mol. The Balaban J connectivity index is 2.13. The van der Waals surface area contributed by atoms with E-state index in [1.165, 1.54) is 0 Å². The molecule has 0 aromatic heterocycles. The summed E-state index contributed by atoms with van der Waals surface area (Å²) in [4.78, 5) is 13.5. The second-order valence-electron chi connectivity index (χ2n) is 4.61. The summed E-state index contributed by atoms with van der Waals surface area (Å²) in [5, 5.41) is 0. The first kappa shape index (κ1) is 11.9. The first-order chi connectivity index (χ1) is 8.08. The van der Waals surface area contributed by atoms with E-state index in [0.717, 1.165) is 11.3 Å². The molecule has 1 amide bonds. The van der Waals surface area contributed by atoms with E-state index in [-0.39, 0.29) is 24.7 Å². The minimum atomic E-state index is -0.0456. The van der Waals surface area contributed by atoms with Gasteiger partial charge in [0.05, 0.1) is 6.54 Å². The molecular weight excluding hydrogens is 216 g/mol. The number of nitrogens with zero attached hydrogens (tertiary/aromatic N) is 1. The van der Waals surface area contributed by atoms with E-state index in [0.29, 0.717) is 6.54 Å². The number of amides is 1. The van der Waals surface area contributed by atoms with Crippen molar-refractivity contribution in [3.8, 4) is 0 Å². The number of ether oxygens (including phenoxy) is 1. The highest BCUT2D eigenvalue weighted by Gasteiger charge is 2.28. The third-order valence-corrected chi connectivity index (χ3v) is 3.02. The molecule has 1 fully saturated rings. The highest BCUT2D eigenvalue weighted by atomic mass is 16.5. The third kappa shape index (κ3) is 2.58. The van der Waals surface area contributed by atoms with Crippen LogP contribution in [0, 0.1) is 0 Å². The first-order valence-electron chi connectivity index (χ1n) is 5.84. The number of nitrogen functional groups attached to an aromatic ring is 1. The van der Waals surface area contributed by atoms with Crippen molar-refractivity contribution in [2.24, 2.45) is 0 Å². The molecule has 0 spiro atoms. The Labute approximate surface area is 101 Å². The molecule has 1 saturated heterocycles. The van der Waals surface area contributed by atoms with Crippen LogP contribution < -0.4 is 5.73 Å². The van der Waals surface area contributed by atoms with Crippen molar-refractivity contribution in [3.05, 3.63) is 29.8 Å². The van der Waals surface area contributed by atoms with Gasteiger partial charge in [0.2, 0.25) is 5.91 Å². The summed E-state index contributed by atoms with van der Waals surface area (Å²) in [6.45, 7) is 4.81. The van der Waals surface area contributed by atoms with Gasteiger partial charge in [-0.15, -0.1) is 0 Å². The Bertz CT molecular complexity index is 400. The minimum Gasteiger partial charge on any atom is -0.399 e. The Morgan fingerprint density at radius 1 is 1.35 bits per heavy atom. The van der Waals surface area contributed by atoms with Gasteiger partial charge in [0, 0.05) is 11.7 Å². The van der Waals surface area contributed by atoms with E-state index < -0.39 is 0 Å². The predicted octanol–water partition coefficient (Wildman–Crippen LogP) is 1.58. The van der Waals surface area contributed by atoms with Gasteiger partial charge in [0.25, 0.3) is 0 Å². The number of nitrogens with two attached hydrogens (primary N) is 1. The number of morpholine rings is 1. The van der Waals surface area contributed by atoms with Crippen LogP contribution in [0.3, 0.4) is 0 Å². The smallest absolute Gasteiger partial charge is 0.248 e. The molecule has 2 rings (SSSR count). The zero-order chi connectivity index (χ0) is 12.4. The Hall–Kier alpha value is -1.55. The lowest BCUT2D eigenvalue weighted by Crippen LogP contribution is -2.46. The van der Waals surface area contributed by atoms with E-state index in [1.54, 1.807) is 0 Å². The van der Waals surface area contributed by atoms with Gasteiger partial charge < -0.3 is 15.4 Å². The third-order valence-electron chi connectivity index (χ3n) is 3.02. The van der Waals surface area contributed by atoms with Crippen LogP contribution in [0.2, 0.25) is 0 Å². The molecular formula is C13H18N2O2.